The highest BCUT2D eigenvalue weighted by molar-refractivity contribution is 5.79. The van der Waals surface area contributed by atoms with Crippen molar-refractivity contribution in [1.29, 1.82) is 0 Å². The molecule has 0 atom stereocenters. The number of ketones is 1. The van der Waals surface area contributed by atoms with Crippen molar-refractivity contribution in [3.8, 4) is 11.5 Å². The van der Waals surface area contributed by atoms with Crippen LogP contribution in [0, 0.1) is 11.6 Å². The molecule has 88 valence electrons. The van der Waals surface area contributed by atoms with Crippen molar-refractivity contribution in [3.63, 3.8) is 0 Å². The summed E-state index contributed by atoms with van der Waals surface area (Å²) in [5.41, 5.74) is -0.119. The average Bonchev–Trinajstić information content (AvgIpc) is 2.23. The number of carbonyl (C=O) groups excluding carboxylic acids is 1. The lowest BCUT2D eigenvalue weighted by Crippen LogP contribution is -2.06. The fraction of sp³-hybridized carbons (Fsp3) is 0.364. The molecule has 0 heterocycles. The Morgan fingerprint density at radius 1 is 1.31 bits per heavy atom. The topological polar surface area (TPSA) is 35.5 Å². The average molecular weight is 230 g/mol. The minimum Gasteiger partial charge on any atom is -0.493 e. The Morgan fingerprint density at radius 2 is 1.94 bits per heavy atom. The lowest BCUT2D eigenvalue weighted by molar-refractivity contribution is -0.116. The number of carbonyl (C=O) groups is 1. The molecule has 0 aliphatic rings. The summed E-state index contributed by atoms with van der Waals surface area (Å²) in [6, 6.07) is 0.887. The van der Waals surface area contributed by atoms with Gasteiger partial charge in [-0.1, -0.05) is 0 Å². The normalized spacial score (nSPS) is 10.1. The Balaban J connectivity index is 3.40. The van der Waals surface area contributed by atoms with Crippen molar-refractivity contribution in [2.45, 2.75) is 13.3 Å². The minimum absolute atomic E-state index is 0.0524. The van der Waals surface area contributed by atoms with Gasteiger partial charge < -0.3 is 9.47 Å². The molecule has 0 fully saturated rings. The quantitative estimate of drug-likeness (QED) is 0.794. The van der Waals surface area contributed by atoms with Gasteiger partial charge >= 0.3 is 0 Å². The van der Waals surface area contributed by atoms with E-state index < -0.39 is 11.6 Å². The van der Waals surface area contributed by atoms with E-state index in [0.717, 1.165) is 6.07 Å². The molecule has 5 heteroatoms. The number of hydrogen-bond acceptors (Lipinski definition) is 3. The minimum atomic E-state index is -1.08. The van der Waals surface area contributed by atoms with Gasteiger partial charge in [-0.2, -0.15) is 0 Å². The molecule has 0 amide bonds. The molecular weight excluding hydrogens is 218 g/mol. The van der Waals surface area contributed by atoms with Gasteiger partial charge in [-0.15, -0.1) is 0 Å². The first kappa shape index (κ1) is 12.4. The summed E-state index contributed by atoms with van der Waals surface area (Å²) in [6.07, 6.45) is -0.233. The molecule has 0 saturated carbocycles. The van der Waals surface area contributed by atoms with Gasteiger partial charge in [-0.25, -0.2) is 8.78 Å². The summed E-state index contributed by atoms with van der Waals surface area (Å²) in [7, 11) is 2.62. The summed E-state index contributed by atoms with van der Waals surface area (Å²) in [4.78, 5) is 11.0. The Kier molecular flexibility index (Phi) is 3.82. The van der Waals surface area contributed by atoms with E-state index in [2.05, 4.69) is 0 Å². The molecule has 0 aliphatic heterocycles. The Bertz CT molecular complexity index is 416. The van der Waals surface area contributed by atoms with Gasteiger partial charge in [-0.3, -0.25) is 4.79 Å². The van der Waals surface area contributed by atoms with E-state index in [1.54, 1.807) is 0 Å². The number of hydrogen-bond donors (Lipinski definition) is 0. The van der Waals surface area contributed by atoms with Crippen LogP contribution in [0.15, 0.2) is 6.07 Å². The predicted octanol–water partition coefficient (Wildman–Crippen LogP) is 2.11. The molecule has 0 spiro atoms. The first-order chi connectivity index (χ1) is 7.51. The van der Waals surface area contributed by atoms with Crippen molar-refractivity contribution in [2.24, 2.45) is 0 Å². The van der Waals surface area contributed by atoms with Gasteiger partial charge in [0.15, 0.2) is 23.1 Å². The molecule has 0 aromatic heterocycles. The molecule has 0 unspecified atom stereocenters. The zero-order valence-electron chi connectivity index (χ0n) is 9.27. The summed E-state index contributed by atoms with van der Waals surface area (Å²) < 4.78 is 36.4. The summed E-state index contributed by atoms with van der Waals surface area (Å²) in [6.45, 7) is 1.29. The zero-order valence-corrected chi connectivity index (χ0v) is 9.27. The molecule has 1 aromatic carbocycles. The maximum Gasteiger partial charge on any atom is 0.167 e. The molecule has 0 radical (unpaired) electrons. The van der Waals surface area contributed by atoms with Gasteiger partial charge in [0.1, 0.15) is 5.78 Å². The van der Waals surface area contributed by atoms with Crippen molar-refractivity contribution >= 4 is 5.78 Å². The monoisotopic (exact) mass is 230 g/mol. The van der Waals surface area contributed by atoms with Crippen LogP contribution in [0.2, 0.25) is 0 Å². The predicted molar refractivity (Wildman–Crippen MR) is 53.8 cm³/mol. The second kappa shape index (κ2) is 4.92. The van der Waals surface area contributed by atoms with Gasteiger partial charge in [-0.05, 0) is 6.92 Å². The lowest BCUT2D eigenvalue weighted by Gasteiger charge is -2.13. The SMILES string of the molecule is COc1cc(F)c(F)c(CC(C)=O)c1OC. The summed E-state index contributed by atoms with van der Waals surface area (Å²) >= 11 is 0. The lowest BCUT2D eigenvalue weighted by atomic mass is 10.1. The molecule has 3 nitrogen and oxygen atoms in total. The molecule has 0 saturated heterocycles. The molecular formula is C11H12F2O3. The number of ether oxygens (including phenoxy) is 2. The van der Waals surface area contributed by atoms with E-state index in [1.165, 1.54) is 21.1 Å². The number of methoxy groups -OCH3 is 2. The van der Waals surface area contributed by atoms with E-state index in [4.69, 9.17) is 9.47 Å². The first-order valence-electron chi connectivity index (χ1n) is 4.59. The molecule has 1 aromatic rings. The van der Waals surface area contributed by atoms with Crippen LogP contribution in [0.5, 0.6) is 11.5 Å². The van der Waals surface area contributed by atoms with Gasteiger partial charge in [0.25, 0.3) is 0 Å². The Morgan fingerprint density at radius 3 is 2.38 bits per heavy atom. The van der Waals surface area contributed by atoms with Gasteiger partial charge in [0, 0.05) is 18.1 Å². The maximum atomic E-state index is 13.5. The van der Waals surface area contributed by atoms with Crippen LogP contribution in [0.1, 0.15) is 12.5 Å². The van der Waals surface area contributed by atoms with Crippen LogP contribution in [-0.4, -0.2) is 20.0 Å². The highest BCUT2D eigenvalue weighted by atomic mass is 19.2. The third kappa shape index (κ3) is 2.29. The summed E-state index contributed by atoms with van der Waals surface area (Å²) in [5.74, 6) is -2.30. The van der Waals surface area contributed by atoms with Crippen LogP contribution in [-0.2, 0) is 11.2 Å². The van der Waals surface area contributed by atoms with Crippen LogP contribution in [0.4, 0.5) is 8.78 Å². The van der Waals surface area contributed by atoms with E-state index in [9.17, 15) is 13.6 Å². The van der Waals surface area contributed by atoms with Gasteiger partial charge in [0.05, 0.1) is 14.2 Å². The smallest absolute Gasteiger partial charge is 0.167 e. The number of benzene rings is 1. The highest BCUT2D eigenvalue weighted by Crippen LogP contribution is 2.34. The number of rotatable bonds is 4. The van der Waals surface area contributed by atoms with Crippen molar-refractivity contribution in [1.82, 2.24) is 0 Å². The Labute approximate surface area is 92.0 Å². The van der Waals surface area contributed by atoms with Crippen molar-refractivity contribution in [3.05, 3.63) is 23.3 Å². The molecule has 16 heavy (non-hydrogen) atoms. The van der Waals surface area contributed by atoms with Crippen LogP contribution >= 0.6 is 0 Å². The zero-order chi connectivity index (χ0) is 12.3. The highest BCUT2D eigenvalue weighted by Gasteiger charge is 2.20. The van der Waals surface area contributed by atoms with Crippen LogP contribution in [0.25, 0.3) is 0 Å². The fourth-order valence-electron chi connectivity index (χ4n) is 1.42. The van der Waals surface area contributed by atoms with Gasteiger partial charge in [0.2, 0.25) is 0 Å². The first-order valence-corrected chi connectivity index (χ1v) is 4.59. The Hall–Kier alpha value is -1.65. The fourth-order valence-corrected chi connectivity index (χ4v) is 1.42. The van der Waals surface area contributed by atoms with E-state index in [1.807, 2.05) is 0 Å². The van der Waals surface area contributed by atoms with Crippen molar-refractivity contribution < 1.29 is 23.0 Å². The summed E-state index contributed by atoms with van der Waals surface area (Å²) in [5, 5.41) is 0. The van der Waals surface area contributed by atoms with Crippen LogP contribution < -0.4 is 9.47 Å². The maximum absolute atomic E-state index is 13.5. The number of halogens is 2. The third-order valence-corrected chi connectivity index (χ3v) is 2.08. The molecule has 0 N–H and O–H groups in total. The van der Waals surface area contributed by atoms with Crippen molar-refractivity contribution in [2.75, 3.05) is 14.2 Å². The molecule has 0 aliphatic carbocycles. The van der Waals surface area contributed by atoms with E-state index >= 15 is 0 Å². The largest absolute Gasteiger partial charge is 0.493 e. The number of Topliss-reactive ketones (excluding diaryl/α,β-unsaturated/α-hetero) is 1. The standard InChI is InChI=1S/C11H12F2O3/c1-6(14)4-7-10(13)8(12)5-9(15-2)11(7)16-3/h5H,4H2,1-3H3. The second-order valence-corrected chi connectivity index (χ2v) is 3.27. The molecule has 1 rings (SSSR count). The molecule has 0 bridgehead atoms. The van der Waals surface area contributed by atoms with Crippen LogP contribution in [0.3, 0.4) is 0 Å². The van der Waals surface area contributed by atoms with E-state index in [0.29, 0.717) is 0 Å². The van der Waals surface area contributed by atoms with E-state index in [-0.39, 0.29) is 29.3 Å². The second-order valence-electron chi connectivity index (χ2n) is 3.27. The third-order valence-electron chi connectivity index (χ3n) is 2.08.